The Morgan fingerprint density at radius 2 is 1.93 bits per heavy atom. The van der Waals surface area contributed by atoms with E-state index in [0.29, 0.717) is 29.7 Å². The highest BCUT2D eigenvalue weighted by molar-refractivity contribution is 7.90. The second kappa shape index (κ2) is 7.16. The third kappa shape index (κ3) is 3.36. The molecule has 3 aromatic rings. The van der Waals surface area contributed by atoms with Crippen LogP contribution in [0.5, 0.6) is 0 Å². The van der Waals surface area contributed by atoms with Crippen molar-refractivity contribution < 1.29 is 18.0 Å². The maximum Gasteiger partial charge on any atom is 0.268 e. The number of likely N-dealkylation sites (tertiary alicyclic amines) is 1. The summed E-state index contributed by atoms with van der Waals surface area (Å²) in [6.07, 6.45) is 0.309. The Bertz CT molecular complexity index is 1220. The summed E-state index contributed by atoms with van der Waals surface area (Å²) in [7, 11) is -3.95. The van der Waals surface area contributed by atoms with E-state index in [2.05, 4.69) is 4.98 Å². The van der Waals surface area contributed by atoms with Gasteiger partial charge in [0.15, 0.2) is 0 Å². The second-order valence-electron chi connectivity index (χ2n) is 6.76. The van der Waals surface area contributed by atoms with E-state index >= 15 is 0 Å². The molecule has 1 fully saturated rings. The molecule has 1 saturated heterocycles. The number of nitrogens with two attached hydrogens (primary N) is 1. The van der Waals surface area contributed by atoms with Crippen LogP contribution in [0.2, 0.25) is 5.15 Å². The minimum Gasteiger partial charge on any atom is -0.369 e. The highest BCUT2D eigenvalue weighted by atomic mass is 35.5. The third-order valence-corrected chi connectivity index (χ3v) is 6.92. The van der Waals surface area contributed by atoms with Crippen molar-refractivity contribution in [2.45, 2.75) is 17.9 Å². The molecule has 3 heterocycles. The van der Waals surface area contributed by atoms with Crippen LogP contribution in [0.15, 0.2) is 53.4 Å². The van der Waals surface area contributed by atoms with Crippen molar-refractivity contribution in [3.05, 3.63) is 59.4 Å². The van der Waals surface area contributed by atoms with Gasteiger partial charge in [-0.3, -0.25) is 9.59 Å². The van der Waals surface area contributed by atoms with Crippen molar-refractivity contribution in [3.63, 3.8) is 0 Å². The lowest BCUT2D eigenvalue weighted by atomic mass is 10.1. The molecule has 4 rings (SSSR count). The summed E-state index contributed by atoms with van der Waals surface area (Å²) in [6.45, 7) is 0.316. The maximum atomic E-state index is 13.4. The van der Waals surface area contributed by atoms with Crippen molar-refractivity contribution >= 4 is 44.5 Å². The number of amides is 2. The van der Waals surface area contributed by atoms with E-state index in [1.165, 1.54) is 27.1 Å². The third-order valence-electron chi connectivity index (χ3n) is 4.93. The molecule has 0 aliphatic carbocycles. The van der Waals surface area contributed by atoms with Gasteiger partial charge in [-0.05, 0) is 36.8 Å². The Hall–Kier alpha value is -2.91. The summed E-state index contributed by atoms with van der Waals surface area (Å²) in [5.41, 5.74) is 6.38. The number of halogens is 1. The van der Waals surface area contributed by atoms with Crippen molar-refractivity contribution in [1.29, 1.82) is 0 Å². The lowest BCUT2D eigenvalue weighted by molar-refractivity contribution is -0.136. The molecule has 29 heavy (non-hydrogen) atoms. The number of primary amides is 1. The van der Waals surface area contributed by atoms with Crippen LogP contribution in [0.1, 0.15) is 12.1 Å². The molecule has 0 spiro atoms. The number of carbonyl (C=O) groups is 2. The minimum absolute atomic E-state index is 0.00263. The van der Waals surface area contributed by atoms with Gasteiger partial charge in [-0.15, -0.1) is 0 Å². The first kappa shape index (κ1) is 19.4. The zero-order chi connectivity index (χ0) is 20.8. The SMILES string of the molecule is NC(=O)[C@@H]1CCN(Cc2cc3nc(Cl)ccc3n2S(=O)(=O)c2ccccc2)C1=O. The van der Waals surface area contributed by atoms with Crippen LogP contribution < -0.4 is 5.73 Å². The molecule has 1 aromatic carbocycles. The maximum absolute atomic E-state index is 13.4. The molecule has 0 unspecified atom stereocenters. The van der Waals surface area contributed by atoms with Crippen molar-refractivity contribution in [2.24, 2.45) is 11.7 Å². The number of fused-ring (bicyclic) bond motifs is 1. The lowest BCUT2D eigenvalue weighted by Gasteiger charge is -2.18. The molecule has 1 aliphatic heterocycles. The number of pyridine rings is 1. The number of rotatable bonds is 5. The zero-order valence-electron chi connectivity index (χ0n) is 15.2. The summed E-state index contributed by atoms with van der Waals surface area (Å²) >= 11 is 5.97. The fourth-order valence-electron chi connectivity index (χ4n) is 3.54. The van der Waals surface area contributed by atoms with E-state index in [-0.39, 0.29) is 16.6 Å². The van der Waals surface area contributed by atoms with Crippen LogP contribution in [0.25, 0.3) is 11.0 Å². The molecule has 0 saturated carbocycles. The van der Waals surface area contributed by atoms with Crippen LogP contribution in [0.4, 0.5) is 0 Å². The van der Waals surface area contributed by atoms with Crippen molar-refractivity contribution in [2.75, 3.05) is 6.54 Å². The number of hydrogen-bond acceptors (Lipinski definition) is 5. The standard InChI is InChI=1S/C19H17ClN4O4S/c20-17-7-6-16-15(22-17)10-12(11-23-9-8-14(18(21)25)19(23)26)24(16)29(27,28)13-4-2-1-3-5-13/h1-7,10,14H,8-9,11H2,(H2,21,25)/t14-/m0/s1. The second-order valence-corrected chi connectivity index (χ2v) is 8.93. The smallest absolute Gasteiger partial charge is 0.268 e. The highest BCUT2D eigenvalue weighted by Crippen LogP contribution is 2.28. The van der Waals surface area contributed by atoms with E-state index < -0.39 is 27.8 Å². The van der Waals surface area contributed by atoms with Crippen molar-refractivity contribution in [3.8, 4) is 0 Å². The Morgan fingerprint density at radius 3 is 2.59 bits per heavy atom. The van der Waals surface area contributed by atoms with Crippen molar-refractivity contribution in [1.82, 2.24) is 13.9 Å². The molecule has 8 nitrogen and oxygen atoms in total. The largest absolute Gasteiger partial charge is 0.369 e. The van der Waals surface area contributed by atoms with Gasteiger partial charge in [0.2, 0.25) is 11.8 Å². The van der Waals surface area contributed by atoms with Gasteiger partial charge in [-0.25, -0.2) is 17.4 Å². The topological polar surface area (TPSA) is 115 Å². The molecule has 150 valence electrons. The van der Waals surface area contributed by atoms with Gasteiger partial charge in [0.1, 0.15) is 11.1 Å². The summed E-state index contributed by atoms with van der Waals surface area (Å²) in [6, 6.07) is 12.7. The van der Waals surface area contributed by atoms with E-state index in [1.54, 1.807) is 30.3 Å². The molecule has 1 atom stereocenters. The first-order chi connectivity index (χ1) is 13.8. The molecule has 0 radical (unpaired) electrons. The molecule has 0 bridgehead atoms. The monoisotopic (exact) mass is 432 g/mol. The number of nitrogens with zero attached hydrogens (tertiary/aromatic N) is 3. The van der Waals surface area contributed by atoms with Crippen LogP contribution >= 0.6 is 11.6 Å². The zero-order valence-corrected chi connectivity index (χ0v) is 16.7. The van der Waals surface area contributed by atoms with E-state index in [0.717, 1.165) is 0 Å². The molecular weight excluding hydrogens is 416 g/mol. The number of carbonyl (C=O) groups excluding carboxylic acids is 2. The number of hydrogen-bond donors (Lipinski definition) is 1. The normalized spacial score (nSPS) is 17.2. The van der Waals surface area contributed by atoms with Crippen LogP contribution in [-0.2, 0) is 26.2 Å². The van der Waals surface area contributed by atoms with Gasteiger partial charge in [-0.1, -0.05) is 29.8 Å². The molecular formula is C19H17ClN4O4S. The van der Waals surface area contributed by atoms with Gasteiger partial charge in [-0.2, -0.15) is 0 Å². The minimum atomic E-state index is -3.95. The Morgan fingerprint density at radius 1 is 1.21 bits per heavy atom. The predicted octanol–water partition coefficient (Wildman–Crippen LogP) is 1.76. The average Bonchev–Trinajstić information content (AvgIpc) is 3.23. The summed E-state index contributed by atoms with van der Waals surface area (Å²) in [5, 5.41) is 0.226. The van der Waals surface area contributed by atoms with Gasteiger partial charge >= 0.3 is 0 Å². The van der Waals surface area contributed by atoms with E-state index in [1.807, 2.05) is 0 Å². The van der Waals surface area contributed by atoms with Gasteiger partial charge in [0.25, 0.3) is 10.0 Å². The number of benzene rings is 1. The fraction of sp³-hybridized carbons (Fsp3) is 0.211. The highest BCUT2D eigenvalue weighted by Gasteiger charge is 2.36. The Labute approximate surface area is 171 Å². The van der Waals surface area contributed by atoms with Crippen LogP contribution in [-0.4, -0.2) is 40.6 Å². The molecule has 10 heteroatoms. The molecule has 1 aliphatic rings. The molecule has 2 amide bonds. The fourth-order valence-corrected chi connectivity index (χ4v) is 5.24. The van der Waals surface area contributed by atoms with Gasteiger partial charge < -0.3 is 10.6 Å². The Balaban J connectivity index is 1.84. The number of aromatic nitrogens is 2. The van der Waals surface area contributed by atoms with Crippen LogP contribution in [0, 0.1) is 5.92 Å². The predicted molar refractivity (Wildman–Crippen MR) is 106 cm³/mol. The summed E-state index contributed by atoms with van der Waals surface area (Å²) < 4.78 is 27.9. The van der Waals surface area contributed by atoms with Gasteiger partial charge in [0, 0.05) is 6.54 Å². The van der Waals surface area contributed by atoms with Crippen LogP contribution in [0.3, 0.4) is 0 Å². The quantitative estimate of drug-likeness (QED) is 0.487. The van der Waals surface area contributed by atoms with Gasteiger partial charge in [0.05, 0.1) is 28.2 Å². The summed E-state index contributed by atoms with van der Waals surface area (Å²) in [4.78, 5) is 29.7. The molecule has 2 N–H and O–H groups in total. The first-order valence-corrected chi connectivity index (χ1v) is 10.7. The lowest BCUT2D eigenvalue weighted by Crippen LogP contribution is -2.33. The molecule has 2 aromatic heterocycles. The first-order valence-electron chi connectivity index (χ1n) is 8.84. The Kier molecular flexibility index (Phi) is 4.79. The average molecular weight is 433 g/mol. The van der Waals surface area contributed by atoms with E-state index in [4.69, 9.17) is 17.3 Å². The summed E-state index contributed by atoms with van der Waals surface area (Å²) in [5.74, 6) is -1.97. The van der Waals surface area contributed by atoms with E-state index in [9.17, 15) is 18.0 Å².